The van der Waals surface area contributed by atoms with Crippen LogP contribution in [-0.4, -0.2) is 27.5 Å². The van der Waals surface area contributed by atoms with Gasteiger partial charge in [0, 0.05) is 30.4 Å². The molecule has 7 heteroatoms. The van der Waals surface area contributed by atoms with Gasteiger partial charge in [-0.15, -0.1) is 0 Å². The van der Waals surface area contributed by atoms with Crippen LogP contribution in [0.2, 0.25) is 0 Å². The zero-order chi connectivity index (χ0) is 16.7. The Balaban J connectivity index is 1.56. The summed E-state index contributed by atoms with van der Waals surface area (Å²) in [6.45, 7) is 3.96. The van der Waals surface area contributed by atoms with Crippen molar-refractivity contribution >= 4 is 5.78 Å². The molecule has 122 valence electrons. The summed E-state index contributed by atoms with van der Waals surface area (Å²) in [5.74, 6) is 2.04. The molecule has 3 aromatic rings. The van der Waals surface area contributed by atoms with Gasteiger partial charge in [-0.1, -0.05) is 17.3 Å². The van der Waals surface area contributed by atoms with Crippen molar-refractivity contribution in [3.8, 4) is 17.1 Å². The first-order valence-electron chi connectivity index (χ1n) is 7.62. The Bertz CT molecular complexity index is 912. The van der Waals surface area contributed by atoms with Crippen LogP contribution in [0.3, 0.4) is 0 Å². The van der Waals surface area contributed by atoms with Gasteiger partial charge >= 0.3 is 0 Å². The number of carbonyl (C=O) groups is 1. The summed E-state index contributed by atoms with van der Waals surface area (Å²) in [4.78, 5) is 20.5. The quantitative estimate of drug-likeness (QED) is 0.681. The Labute approximate surface area is 137 Å². The molecule has 3 heterocycles. The minimum Gasteiger partial charge on any atom is -0.493 e. The number of ketones is 1. The Kier molecular flexibility index (Phi) is 3.41. The number of Topliss-reactive ketones (excluding diaryl/α,β-unsaturated/α-hetero) is 1. The van der Waals surface area contributed by atoms with Gasteiger partial charge in [0.05, 0.1) is 12.3 Å². The number of aryl methyl sites for hydroxylation is 2. The predicted octanol–water partition coefficient (Wildman–Crippen LogP) is 3.09. The number of oxazole rings is 1. The number of fused-ring (bicyclic) bond motifs is 1. The number of hydrogen-bond acceptors (Lipinski definition) is 7. The first-order valence-corrected chi connectivity index (χ1v) is 7.62. The van der Waals surface area contributed by atoms with Crippen molar-refractivity contribution in [1.29, 1.82) is 0 Å². The summed E-state index contributed by atoms with van der Waals surface area (Å²) in [5.41, 5.74) is 2.44. The maximum atomic E-state index is 12.4. The molecule has 0 N–H and O–H groups in total. The van der Waals surface area contributed by atoms with Crippen LogP contribution in [0.15, 0.2) is 33.5 Å². The van der Waals surface area contributed by atoms with Crippen LogP contribution in [-0.2, 0) is 0 Å². The average Bonchev–Trinajstić information content (AvgIpc) is 3.27. The van der Waals surface area contributed by atoms with Crippen LogP contribution >= 0.6 is 0 Å². The number of aromatic nitrogens is 3. The maximum absolute atomic E-state index is 12.4. The van der Waals surface area contributed by atoms with Gasteiger partial charge in [-0.25, -0.2) is 4.98 Å². The van der Waals surface area contributed by atoms with Crippen molar-refractivity contribution < 1.29 is 18.5 Å². The SMILES string of the molecule is Cc1nc(-c2ccc3c(c2)OC[C@H]3CC(=O)c2ocnc2C)no1. The van der Waals surface area contributed by atoms with E-state index in [9.17, 15) is 4.79 Å². The first kappa shape index (κ1) is 14.6. The molecule has 4 rings (SSSR count). The molecule has 0 bridgehead atoms. The molecule has 0 radical (unpaired) electrons. The highest BCUT2D eigenvalue weighted by molar-refractivity contribution is 5.95. The van der Waals surface area contributed by atoms with Crippen molar-refractivity contribution in [2.45, 2.75) is 26.2 Å². The lowest BCUT2D eigenvalue weighted by atomic mass is 9.94. The zero-order valence-electron chi connectivity index (χ0n) is 13.3. The van der Waals surface area contributed by atoms with Gasteiger partial charge in [0.2, 0.25) is 17.5 Å². The number of ether oxygens (including phenoxy) is 1. The zero-order valence-corrected chi connectivity index (χ0v) is 13.3. The molecule has 1 aliphatic heterocycles. The number of hydrogen-bond donors (Lipinski definition) is 0. The van der Waals surface area contributed by atoms with E-state index >= 15 is 0 Å². The number of benzene rings is 1. The van der Waals surface area contributed by atoms with Gasteiger partial charge in [-0.3, -0.25) is 4.79 Å². The summed E-state index contributed by atoms with van der Waals surface area (Å²) in [5, 5.41) is 3.91. The molecule has 0 spiro atoms. The summed E-state index contributed by atoms with van der Waals surface area (Å²) in [7, 11) is 0. The van der Waals surface area contributed by atoms with E-state index in [1.165, 1.54) is 6.39 Å². The highest BCUT2D eigenvalue weighted by atomic mass is 16.5. The van der Waals surface area contributed by atoms with E-state index in [-0.39, 0.29) is 11.7 Å². The smallest absolute Gasteiger partial charge is 0.223 e. The molecule has 2 aromatic heterocycles. The molecule has 0 saturated heterocycles. The molecule has 0 aliphatic carbocycles. The van der Waals surface area contributed by atoms with Gasteiger partial charge < -0.3 is 13.7 Å². The molecule has 7 nitrogen and oxygen atoms in total. The van der Waals surface area contributed by atoms with Crippen molar-refractivity contribution in [1.82, 2.24) is 15.1 Å². The van der Waals surface area contributed by atoms with Gasteiger partial charge in [-0.2, -0.15) is 4.98 Å². The van der Waals surface area contributed by atoms with Crippen LogP contribution < -0.4 is 4.74 Å². The van der Waals surface area contributed by atoms with Crippen molar-refractivity contribution in [2.75, 3.05) is 6.61 Å². The third-order valence-corrected chi connectivity index (χ3v) is 4.11. The summed E-state index contributed by atoms with van der Waals surface area (Å²) in [6.07, 6.45) is 1.62. The largest absolute Gasteiger partial charge is 0.493 e. The normalized spacial score (nSPS) is 16.0. The summed E-state index contributed by atoms with van der Waals surface area (Å²) in [6, 6.07) is 5.74. The fourth-order valence-electron chi connectivity index (χ4n) is 2.89. The van der Waals surface area contributed by atoms with E-state index < -0.39 is 0 Å². The molecular formula is C17H15N3O4. The highest BCUT2D eigenvalue weighted by Crippen LogP contribution is 2.38. The van der Waals surface area contributed by atoms with Gasteiger partial charge in [0.15, 0.2) is 12.2 Å². The van der Waals surface area contributed by atoms with Crippen molar-refractivity contribution in [3.63, 3.8) is 0 Å². The Morgan fingerprint density at radius 2 is 2.21 bits per heavy atom. The Hall–Kier alpha value is -2.96. The molecule has 24 heavy (non-hydrogen) atoms. The van der Waals surface area contributed by atoms with Crippen LogP contribution in [0.1, 0.15) is 40.0 Å². The Morgan fingerprint density at radius 3 is 2.92 bits per heavy atom. The van der Waals surface area contributed by atoms with Crippen molar-refractivity contribution in [3.05, 3.63) is 47.5 Å². The second-order valence-electron chi connectivity index (χ2n) is 5.79. The second kappa shape index (κ2) is 5.59. The molecule has 1 atom stereocenters. The fraction of sp³-hybridized carbons (Fsp3) is 0.294. The van der Waals surface area contributed by atoms with Crippen LogP contribution in [0.4, 0.5) is 0 Å². The molecule has 0 saturated carbocycles. The Morgan fingerprint density at radius 1 is 1.33 bits per heavy atom. The standard InChI is InChI=1S/C17H15N3O4/c1-9-16(23-8-18-9)14(21)5-12-7-22-15-6-11(3-4-13(12)15)17-19-10(2)24-20-17/h3-4,6,8,12H,5,7H2,1-2H3/t12-/m1/s1. The molecule has 1 aromatic carbocycles. The predicted molar refractivity (Wildman–Crippen MR) is 82.9 cm³/mol. The minimum atomic E-state index is -0.0654. The number of carbonyl (C=O) groups excluding carboxylic acids is 1. The number of rotatable bonds is 4. The van der Waals surface area contributed by atoms with E-state index in [0.717, 1.165) is 16.9 Å². The lowest BCUT2D eigenvalue weighted by Gasteiger charge is -2.07. The van der Waals surface area contributed by atoms with E-state index in [4.69, 9.17) is 13.7 Å². The third-order valence-electron chi connectivity index (χ3n) is 4.11. The van der Waals surface area contributed by atoms with Crippen LogP contribution in [0.25, 0.3) is 11.4 Å². The van der Waals surface area contributed by atoms with E-state index in [2.05, 4.69) is 15.1 Å². The fourth-order valence-corrected chi connectivity index (χ4v) is 2.89. The van der Waals surface area contributed by atoms with Gasteiger partial charge in [-0.05, 0) is 13.0 Å². The minimum absolute atomic E-state index is 0.00180. The van der Waals surface area contributed by atoms with Crippen LogP contribution in [0.5, 0.6) is 5.75 Å². The molecule has 0 unspecified atom stereocenters. The van der Waals surface area contributed by atoms with Gasteiger partial charge in [0.25, 0.3) is 0 Å². The monoisotopic (exact) mass is 325 g/mol. The van der Waals surface area contributed by atoms with E-state index in [0.29, 0.717) is 36.2 Å². The van der Waals surface area contributed by atoms with E-state index in [1.54, 1.807) is 13.8 Å². The summed E-state index contributed by atoms with van der Waals surface area (Å²) < 4.78 is 15.9. The lowest BCUT2D eigenvalue weighted by molar-refractivity contribution is 0.0941. The molecule has 1 aliphatic rings. The van der Waals surface area contributed by atoms with Crippen LogP contribution in [0, 0.1) is 13.8 Å². The third kappa shape index (κ3) is 2.47. The average molecular weight is 325 g/mol. The molecule has 0 amide bonds. The lowest BCUT2D eigenvalue weighted by Crippen LogP contribution is -2.09. The first-order chi connectivity index (χ1) is 11.6. The highest BCUT2D eigenvalue weighted by Gasteiger charge is 2.29. The van der Waals surface area contributed by atoms with E-state index in [1.807, 2.05) is 18.2 Å². The van der Waals surface area contributed by atoms with Crippen molar-refractivity contribution in [2.24, 2.45) is 0 Å². The van der Waals surface area contributed by atoms with Gasteiger partial charge in [0.1, 0.15) is 5.75 Å². The maximum Gasteiger partial charge on any atom is 0.223 e. The topological polar surface area (TPSA) is 91.2 Å². The number of nitrogens with zero attached hydrogens (tertiary/aromatic N) is 3. The molecular weight excluding hydrogens is 310 g/mol. The summed E-state index contributed by atoms with van der Waals surface area (Å²) >= 11 is 0. The second-order valence-corrected chi connectivity index (χ2v) is 5.79. The molecule has 0 fully saturated rings.